The SMILES string of the molecule is C[CH]=[Zr+2][C]1(C2C(CCCO[Si](C)(C)C)=Cc3ccccc32)C=Cc2ccccc21.[Cl-].[Cl-]. The summed E-state index contributed by atoms with van der Waals surface area (Å²) in [6.45, 7) is 9.99. The molecule has 2 aromatic carbocycles. The molecule has 0 aliphatic heterocycles. The third-order valence-electron chi connectivity index (χ3n) is 5.93. The van der Waals surface area contributed by atoms with Crippen LogP contribution in [-0.2, 0) is 30.3 Å². The first-order chi connectivity index (χ1) is 13.9. The van der Waals surface area contributed by atoms with E-state index < -0.39 is 31.1 Å². The zero-order chi connectivity index (χ0) is 20.5. The molecule has 0 bridgehead atoms. The van der Waals surface area contributed by atoms with Crippen molar-refractivity contribution in [3.63, 3.8) is 0 Å². The fourth-order valence-electron chi connectivity index (χ4n) is 4.83. The molecule has 163 valence electrons. The molecular weight excluding hydrogens is 519 g/mol. The van der Waals surface area contributed by atoms with Gasteiger partial charge in [-0.05, 0) is 0 Å². The Morgan fingerprint density at radius 2 is 1.68 bits per heavy atom. The number of rotatable bonds is 7. The van der Waals surface area contributed by atoms with E-state index in [2.05, 4.69) is 97.0 Å². The molecule has 0 spiro atoms. The van der Waals surface area contributed by atoms with E-state index in [4.69, 9.17) is 4.43 Å². The van der Waals surface area contributed by atoms with Crippen LogP contribution in [0.2, 0.25) is 19.6 Å². The van der Waals surface area contributed by atoms with Gasteiger partial charge in [-0.1, -0.05) is 0 Å². The van der Waals surface area contributed by atoms with Crippen molar-refractivity contribution >= 4 is 24.2 Å². The molecule has 4 rings (SSSR count). The third kappa shape index (κ3) is 5.50. The average Bonchev–Trinajstić information content (AvgIpc) is 3.24. The Balaban J connectivity index is 0.00000171. The first-order valence-electron chi connectivity index (χ1n) is 10.7. The zero-order valence-corrected chi connectivity index (χ0v) is 23.8. The van der Waals surface area contributed by atoms with Gasteiger partial charge >= 0.3 is 189 Å². The van der Waals surface area contributed by atoms with Gasteiger partial charge in [-0.15, -0.1) is 0 Å². The topological polar surface area (TPSA) is 9.23 Å². The van der Waals surface area contributed by atoms with Crippen LogP contribution in [0.15, 0.2) is 60.2 Å². The molecule has 0 fully saturated rings. The summed E-state index contributed by atoms with van der Waals surface area (Å²) >= 11 is -0.783. The van der Waals surface area contributed by atoms with Gasteiger partial charge in [-0.2, -0.15) is 0 Å². The Morgan fingerprint density at radius 1 is 1.00 bits per heavy atom. The second-order valence-electron chi connectivity index (χ2n) is 9.07. The molecule has 0 radical (unpaired) electrons. The maximum absolute atomic E-state index is 6.16. The minimum Gasteiger partial charge on any atom is -1.00 e. The molecule has 2 aromatic rings. The number of allylic oxidation sites excluding steroid dienone is 2. The van der Waals surface area contributed by atoms with Crippen molar-refractivity contribution in [2.45, 2.75) is 48.4 Å². The molecule has 0 saturated carbocycles. The Labute approximate surface area is 212 Å². The molecule has 2 unspecified atom stereocenters. The molecular formula is C26H31Cl2OSiZr. The van der Waals surface area contributed by atoms with E-state index in [1.54, 1.807) is 11.1 Å². The zero-order valence-electron chi connectivity index (χ0n) is 18.8. The van der Waals surface area contributed by atoms with Crippen molar-refractivity contribution in [1.82, 2.24) is 0 Å². The summed E-state index contributed by atoms with van der Waals surface area (Å²) in [4.78, 5) is 0. The van der Waals surface area contributed by atoms with Gasteiger partial charge in [-0.25, -0.2) is 0 Å². The summed E-state index contributed by atoms with van der Waals surface area (Å²) in [5.74, 6) is 0.480. The molecule has 5 heteroatoms. The molecule has 0 saturated heterocycles. The van der Waals surface area contributed by atoms with Crippen LogP contribution in [0, 0.1) is 0 Å². The predicted octanol–water partition coefficient (Wildman–Crippen LogP) is 0.634. The van der Waals surface area contributed by atoms with Gasteiger partial charge in [0.25, 0.3) is 0 Å². The molecule has 0 aromatic heterocycles. The van der Waals surface area contributed by atoms with Crippen LogP contribution in [0.3, 0.4) is 0 Å². The Kier molecular flexibility index (Phi) is 9.50. The summed E-state index contributed by atoms with van der Waals surface area (Å²) in [5, 5.41) is 0. The molecule has 31 heavy (non-hydrogen) atoms. The smallest absolute Gasteiger partial charge is 1.00 e. The molecule has 1 nitrogen and oxygen atoms in total. The van der Waals surface area contributed by atoms with Gasteiger partial charge in [0.15, 0.2) is 0 Å². The van der Waals surface area contributed by atoms with Gasteiger partial charge in [-0.3, -0.25) is 0 Å². The predicted molar refractivity (Wildman–Crippen MR) is 125 cm³/mol. The first-order valence-corrected chi connectivity index (χ1v) is 16.8. The third-order valence-corrected chi connectivity index (χ3v) is 10.7. The van der Waals surface area contributed by atoms with Crippen molar-refractivity contribution in [2.24, 2.45) is 0 Å². The largest absolute Gasteiger partial charge is 1.00 e. The van der Waals surface area contributed by atoms with Crippen LogP contribution in [0.25, 0.3) is 12.2 Å². The Hall–Kier alpha value is -0.570. The number of hydrogen-bond acceptors (Lipinski definition) is 1. The van der Waals surface area contributed by atoms with Gasteiger partial charge < -0.3 is 24.8 Å². The number of benzene rings is 2. The van der Waals surface area contributed by atoms with Gasteiger partial charge in [0.2, 0.25) is 0 Å². The van der Waals surface area contributed by atoms with Crippen molar-refractivity contribution in [2.75, 3.05) is 6.61 Å². The second-order valence-corrected chi connectivity index (χ2v) is 17.7. The monoisotopic (exact) mass is 547 g/mol. The summed E-state index contributed by atoms with van der Waals surface area (Å²) < 4.78 is 8.86. The molecule has 0 heterocycles. The van der Waals surface area contributed by atoms with E-state index in [1.807, 2.05) is 0 Å². The van der Waals surface area contributed by atoms with E-state index in [1.165, 1.54) is 16.7 Å². The summed E-state index contributed by atoms with van der Waals surface area (Å²) in [7, 11) is -1.44. The van der Waals surface area contributed by atoms with E-state index in [0.717, 1.165) is 19.4 Å². The van der Waals surface area contributed by atoms with E-state index in [-0.39, 0.29) is 27.9 Å². The second kappa shape index (κ2) is 11.0. The van der Waals surface area contributed by atoms with Crippen molar-refractivity contribution in [3.8, 4) is 0 Å². The molecule has 2 aliphatic carbocycles. The van der Waals surface area contributed by atoms with E-state index in [0.29, 0.717) is 5.92 Å². The standard InChI is InChI=1S/C24H27OSi.C2H4.2ClH.Zr/c1-26(2,3)25-16-8-11-20-17-19-10-5-7-13-22(19)24(20)23-15-14-18-9-4-6-12-21(18)23;1-2;;;/h4-7,9-10,12-15,17,24H,8,11,16H2,1-3H3;1H,2H3;2*1H;/q;;;;+2/p-2. The van der Waals surface area contributed by atoms with Gasteiger partial charge in [0.05, 0.1) is 0 Å². The van der Waals surface area contributed by atoms with Crippen molar-refractivity contribution in [1.29, 1.82) is 0 Å². The van der Waals surface area contributed by atoms with Crippen LogP contribution in [0.5, 0.6) is 0 Å². The Bertz CT molecular complexity index is 993. The summed E-state index contributed by atoms with van der Waals surface area (Å²) in [6, 6.07) is 18.1. The Morgan fingerprint density at radius 3 is 2.39 bits per heavy atom. The maximum atomic E-state index is 6.16. The molecule has 0 N–H and O–H groups in total. The van der Waals surface area contributed by atoms with Crippen LogP contribution in [-0.4, -0.2) is 18.6 Å². The fourth-order valence-corrected chi connectivity index (χ4v) is 9.39. The van der Waals surface area contributed by atoms with Crippen molar-refractivity contribution in [3.05, 3.63) is 82.4 Å². The van der Waals surface area contributed by atoms with Gasteiger partial charge in [0.1, 0.15) is 0 Å². The summed E-state index contributed by atoms with van der Waals surface area (Å²) in [5.41, 5.74) is 7.52. The number of fused-ring (bicyclic) bond motifs is 2. The van der Waals surface area contributed by atoms with Crippen LogP contribution < -0.4 is 24.8 Å². The van der Waals surface area contributed by atoms with Crippen LogP contribution in [0.4, 0.5) is 0 Å². The quantitative estimate of drug-likeness (QED) is 0.364. The fraction of sp³-hybridized carbons (Fsp3) is 0.346. The average molecular weight is 550 g/mol. The van der Waals surface area contributed by atoms with Crippen LogP contribution in [0.1, 0.15) is 47.9 Å². The number of halogens is 2. The summed E-state index contributed by atoms with van der Waals surface area (Å²) in [6.07, 6.45) is 9.67. The van der Waals surface area contributed by atoms with E-state index in [9.17, 15) is 0 Å². The minimum absolute atomic E-state index is 0. The molecule has 2 aliphatic rings. The van der Waals surface area contributed by atoms with Gasteiger partial charge in [0, 0.05) is 0 Å². The van der Waals surface area contributed by atoms with Crippen LogP contribution >= 0.6 is 0 Å². The first kappa shape index (κ1) is 26.7. The van der Waals surface area contributed by atoms with Crippen molar-refractivity contribution < 1.29 is 52.0 Å². The molecule has 0 amide bonds. The van der Waals surface area contributed by atoms with E-state index >= 15 is 0 Å². The molecule has 2 atom stereocenters. The number of hydrogen-bond donors (Lipinski definition) is 0. The minimum atomic E-state index is -1.44. The normalized spacial score (nSPS) is 21.0. The maximum Gasteiger partial charge on any atom is -1.00 e.